The fraction of sp³-hybridized carbons (Fsp3) is 1.00. The minimum atomic E-state index is -0.602. The Hall–Kier alpha value is -0.0800. The lowest BCUT2D eigenvalue weighted by Gasteiger charge is -1.80. The highest BCUT2D eigenvalue weighted by atomic mass is 16.2. The normalized spacial score (nSPS) is 17.6. The molecule has 2 heteroatoms. The standard InChI is InChI=1S/C3H9NO/c4-2-1-3-5/h5H,1-4H2/i2D. The molecule has 0 radical (unpaired) electrons. The van der Waals surface area contributed by atoms with E-state index in [9.17, 15) is 0 Å². The van der Waals surface area contributed by atoms with Gasteiger partial charge in [0.25, 0.3) is 0 Å². The number of rotatable bonds is 2. The van der Waals surface area contributed by atoms with Crippen molar-refractivity contribution in [3.8, 4) is 0 Å². The highest BCUT2D eigenvalue weighted by Crippen LogP contribution is 1.62. The smallest absolute Gasteiger partial charge is 0.0443 e. The summed E-state index contributed by atoms with van der Waals surface area (Å²) in [5.74, 6) is 0. The zero-order valence-corrected chi connectivity index (χ0v) is 3.02. The summed E-state index contributed by atoms with van der Waals surface area (Å²) in [6.07, 6.45) is 0.375. The van der Waals surface area contributed by atoms with Crippen molar-refractivity contribution in [3.63, 3.8) is 0 Å². The predicted molar refractivity (Wildman–Crippen MR) is 20.8 cm³/mol. The van der Waals surface area contributed by atoms with E-state index in [1.165, 1.54) is 0 Å². The SMILES string of the molecule is [2H]C(N)CCO. The molecule has 0 amide bonds. The zero-order chi connectivity index (χ0) is 4.99. The number of hydrogen-bond donors (Lipinski definition) is 2. The first-order valence-corrected chi connectivity index (χ1v) is 1.56. The molecule has 0 spiro atoms. The van der Waals surface area contributed by atoms with Crippen molar-refractivity contribution in [2.24, 2.45) is 5.73 Å². The van der Waals surface area contributed by atoms with Crippen molar-refractivity contribution in [1.29, 1.82) is 0 Å². The van der Waals surface area contributed by atoms with Crippen LogP contribution in [-0.4, -0.2) is 18.2 Å². The number of aliphatic hydroxyl groups is 1. The highest BCUT2D eigenvalue weighted by Gasteiger charge is 1.69. The third-order valence-corrected chi connectivity index (χ3v) is 0.296. The van der Waals surface area contributed by atoms with Gasteiger partial charge in [-0.05, 0) is 12.9 Å². The van der Waals surface area contributed by atoms with Crippen molar-refractivity contribution in [1.82, 2.24) is 0 Å². The molecule has 0 aliphatic rings. The van der Waals surface area contributed by atoms with Crippen LogP contribution in [0.3, 0.4) is 0 Å². The molecule has 0 rings (SSSR count). The lowest BCUT2D eigenvalue weighted by Crippen LogP contribution is -1.99. The Morgan fingerprint density at radius 2 is 2.60 bits per heavy atom. The van der Waals surface area contributed by atoms with Gasteiger partial charge < -0.3 is 10.8 Å². The molecular weight excluding hydrogens is 66.0 g/mol. The van der Waals surface area contributed by atoms with E-state index in [0.29, 0.717) is 6.42 Å². The summed E-state index contributed by atoms with van der Waals surface area (Å²) in [7, 11) is 0. The van der Waals surface area contributed by atoms with Crippen LogP contribution in [0.25, 0.3) is 0 Å². The summed E-state index contributed by atoms with van der Waals surface area (Å²) in [4.78, 5) is 0. The van der Waals surface area contributed by atoms with Gasteiger partial charge in [-0.3, -0.25) is 0 Å². The van der Waals surface area contributed by atoms with Crippen LogP contribution in [0.2, 0.25) is 0 Å². The molecule has 1 unspecified atom stereocenters. The molecule has 0 aromatic carbocycles. The van der Waals surface area contributed by atoms with E-state index in [-0.39, 0.29) is 6.61 Å². The molecule has 0 saturated carbocycles. The van der Waals surface area contributed by atoms with Gasteiger partial charge in [-0.15, -0.1) is 0 Å². The minimum Gasteiger partial charge on any atom is -0.396 e. The Labute approximate surface area is 33.0 Å². The summed E-state index contributed by atoms with van der Waals surface area (Å²) in [6, 6.07) is 0. The van der Waals surface area contributed by atoms with Crippen molar-refractivity contribution in [2.45, 2.75) is 6.42 Å². The first-order valence-electron chi connectivity index (χ1n) is 2.14. The number of aliphatic hydroxyl groups excluding tert-OH is 1. The van der Waals surface area contributed by atoms with Crippen LogP contribution >= 0.6 is 0 Å². The molecule has 0 aliphatic heterocycles. The monoisotopic (exact) mass is 76.1 g/mol. The van der Waals surface area contributed by atoms with Crippen LogP contribution < -0.4 is 5.73 Å². The van der Waals surface area contributed by atoms with Crippen LogP contribution in [0.1, 0.15) is 7.79 Å². The summed E-state index contributed by atoms with van der Waals surface area (Å²) >= 11 is 0. The van der Waals surface area contributed by atoms with E-state index in [4.69, 9.17) is 12.2 Å². The maximum atomic E-state index is 8.04. The Balaban J connectivity index is 2.63. The van der Waals surface area contributed by atoms with Gasteiger partial charge in [0.15, 0.2) is 0 Å². The Bertz CT molecular complexity index is 32.0. The van der Waals surface area contributed by atoms with Gasteiger partial charge in [0.2, 0.25) is 0 Å². The van der Waals surface area contributed by atoms with Crippen molar-refractivity contribution in [3.05, 3.63) is 0 Å². The fourth-order valence-electron chi connectivity index (χ4n) is 0.0745. The molecule has 1 atom stereocenters. The Kier molecular flexibility index (Phi) is 2.45. The van der Waals surface area contributed by atoms with Crippen LogP contribution in [0.15, 0.2) is 0 Å². The number of nitrogens with two attached hydrogens (primary N) is 1. The van der Waals surface area contributed by atoms with Gasteiger partial charge >= 0.3 is 0 Å². The molecule has 32 valence electrons. The van der Waals surface area contributed by atoms with Gasteiger partial charge in [-0.2, -0.15) is 0 Å². The molecule has 2 nitrogen and oxygen atoms in total. The fourth-order valence-corrected chi connectivity index (χ4v) is 0.0745. The third kappa shape index (κ3) is 3.92. The second-order valence-corrected chi connectivity index (χ2v) is 0.748. The van der Waals surface area contributed by atoms with E-state index < -0.39 is 6.52 Å². The number of hydrogen-bond acceptors (Lipinski definition) is 2. The second-order valence-electron chi connectivity index (χ2n) is 0.748. The highest BCUT2D eigenvalue weighted by molar-refractivity contribution is 4.28. The van der Waals surface area contributed by atoms with Gasteiger partial charge in [0.1, 0.15) is 0 Å². The zero-order valence-electron chi connectivity index (χ0n) is 4.02. The molecule has 0 aromatic heterocycles. The first kappa shape index (κ1) is 3.12. The van der Waals surface area contributed by atoms with Gasteiger partial charge in [-0.1, -0.05) is 0 Å². The summed E-state index contributed by atoms with van der Waals surface area (Å²) < 4.78 is 6.60. The Morgan fingerprint density at radius 3 is 2.60 bits per heavy atom. The molecular formula is C3H9NO. The van der Waals surface area contributed by atoms with Gasteiger partial charge in [0.05, 0.1) is 0 Å². The van der Waals surface area contributed by atoms with Crippen LogP contribution in [0, 0.1) is 0 Å². The van der Waals surface area contributed by atoms with Crippen molar-refractivity contribution in [2.75, 3.05) is 13.1 Å². The van der Waals surface area contributed by atoms with E-state index in [1.54, 1.807) is 0 Å². The van der Waals surface area contributed by atoms with Gasteiger partial charge in [-0.25, -0.2) is 0 Å². The molecule has 3 N–H and O–H groups in total. The van der Waals surface area contributed by atoms with E-state index >= 15 is 0 Å². The second kappa shape index (κ2) is 3.92. The van der Waals surface area contributed by atoms with E-state index in [0.717, 1.165) is 0 Å². The predicted octanol–water partition coefficient (Wildman–Crippen LogP) is -0.673. The maximum absolute atomic E-state index is 8.04. The van der Waals surface area contributed by atoms with Crippen molar-refractivity contribution >= 4 is 0 Å². The lowest BCUT2D eigenvalue weighted by molar-refractivity contribution is 0.291. The Morgan fingerprint density at radius 1 is 2.00 bits per heavy atom. The van der Waals surface area contributed by atoms with Crippen LogP contribution in [0.4, 0.5) is 0 Å². The van der Waals surface area contributed by atoms with E-state index in [1.807, 2.05) is 0 Å². The van der Waals surface area contributed by atoms with Crippen molar-refractivity contribution < 1.29 is 6.48 Å². The third-order valence-electron chi connectivity index (χ3n) is 0.296. The average molecular weight is 76.1 g/mol. The van der Waals surface area contributed by atoms with Crippen LogP contribution in [-0.2, 0) is 0 Å². The molecule has 0 bridgehead atoms. The quantitative estimate of drug-likeness (QED) is 0.458. The average Bonchev–Trinajstić information content (AvgIpc) is 1.35. The van der Waals surface area contributed by atoms with E-state index in [2.05, 4.69) is 0 Å². The molecule has 0 aliphatic carbocycles. The molecule has 0 aromatic rings. The summed E-state index contributed by atoms with van der Waals surface area (Å²) in [5.41, 5.74) is 4.91. The van der Waals surface area contributed by atoms with Gasteiger partial charge in [0, 0.05) is 7.98 Å². The first-order chi connectivity index (χ1) is 2.77. The molecule has 0 heterocycles. The summed E-state index contributed by atoms with van der Waals surface area (Å²) in [5, 5.41) is 8.04. The summed E-state index contributed by atoms with van der Waals surface area (Å²) in [6.45, 7) is -0.583. The molecule has 5 heavy (non-hydrogen) atoms. The molecule has 0 fully saturated rings. The lowest BCUT2D eigenvalue weighted by atomic mass is 10.5. The minimum absolute atomic E-state index is 0.0185. The topological polar surface area (TPSA) is 46.2 Å². The van der Waals surface area contributed by atoms with Crippen LogP contribution in [0.5, 0.6) is 0 Å². The largest absolute Gasteiger partial charge is 0.396 e. The maximum Gasteiger partial charge on any atom is 0.0443 e. The molecule has 0 saturated heterocycles.